The fourth-order valence-electron chi connectivity index (χ4n) is 3.60. The quantitative estimate of drug-likeness (QED) is 0.927. The van der Waals surface area contributed by atoms with Crippen molar-refractivity contribution in [3.05, 3.63) is 42.0 Å². The van der Waals surface area contributed by atoms with Gasteiger partial charge in [-0.15, -0.1) is 0 Å². The second kappa shape index (κ2) is 5.72. The second-order valence-electron chi connectivity index (χ2n) is 6.51. The fraction of sp³-hybridized carbons (Fsp3) is 0.444. The number of para-hydroxylation sites is 2. The number of carbonyl (C=O) groups is 1. The van der Waals surface area contributed by atoms with Crippen molar-refractivity contribution in [3.63, 3.8) is 0 Å². The first-order valence-corrected chi connectivity index (χ1v) is 8.33. The van der Waals surface area contributed by atoms with E-state index in [4.69, 9.17) is 4.74 Å². The zero-order chi connectivity index (χ0) is 15.8. The number of nitrogens with one attached hydrogen (secondary N) is 1. The van der Waals surface area contributed by atoms with Crippen molar-refractivity contribution in [2.45, 2.75) is 45.3 Å². The Morgan fingerprint density at radius 2 is 2.13 bits per heavy atom. The predicted octanol–water partition coefficient (Wildman–Crippen LogP) is 3.07. The first kappa shape index (κ1) is 14.3. The molecule has 1 aromatic heterocycles. The molecule has 2 unspecified atom stereocenters. The Balaban J connectivity index is 1.59. The van der Waals surface area contributed by atoms with Crippen LogP contribution in [0.2, 0.25) is 0 Å². The highest BCUT2D eigenvalue weighted by atomic mass is 16.5. The maximum Gasteiger partial charge on any atom is 0.272 e. The van der Waals surface area contributed by atoms with Gasteiger partial charge in [0.05, 0.1) is 11.4 Å². The monoisotopic (exact) mass is 311 g/mol. The van der Waals surface area contributed by atoms with Crippen LogP contribution in [-0.4, -0.2) is 21.5 Å². The lowest BCUT2D eigenvalue weighted by atomic mass is 9.86. The Labute approximate surface area is 135 Å². The van der Waals surface area contributed by atoms with Crippen LogP contribution in [0.15, 0.2) is 30.6 Å². The number of fused-ring (bicyclic) bond motifs is 3. The second-order valence-corrected chi connectivity index (χ2v) is 6.51. The molecule has 120 valence electrons. The molecular formula is C18H21N3O2. The number of hydrogen-bond donors (Lipinski definition) is 1. The van der Waals surface area contributed by atoms with Crippen molar-refractivity contribution >= 4 is 5.91 Å². The summed E-state index contributed by atoms with van der Waals surface area (Å²) >= 11 is 0. The molecule has 1 saturated carbocycles. The number of hydrogen-bond acceptors (Lipinski definition) is 3. The minimum Gasteiger partial charge on any atom is -0.485 e. The van der Waals surface area contributed by atoms with E-state index in [1.807, 2.05) is 28.8 Å². The number of benzene rings is 1. The Hall–Kier alpha value is -2.30. The highest BCUT2D eigenvalue weighted by Crippen LogP contribution is 2.31. The van der Waals surface area contributed by atoms with Gasteiger partial charge in [0.1, 0.15) is 18.7 Å². The Morgan fingerprint density at radius 1 is 1.30 bits per heavy atom. The van der Waals surface area contributed by atoms with Gasteiger partial charge in [-0.3, -0.25) is 9.36 Å². The molecule has 0 radical (unpaired) electrons. The van der Waals surface area contributed by atoms with Gasteiger partial charge in [-0.25, -0.2) is 4.98 Å². The third-order valence-electron chi connectivity index (χ3n) is 5.00. The molecule has 2 aromatic rings. The minimum absolute atomic E-state index is 0.0829. The Kier molecular flexibility index (Phi) is 3.56. The zero-order valence-corrected chi connectivity index (χ0v) is 13.3. The van der Waals surface area contributed by atoms with E-state index >= 15 is 0 Å². The van der Waals surface area contributed by atoms with Gasteiger partial charge >= 0.3 is 0 Å². The van der Waals surface area contributed by atoms with Crippen LogP contribution in [0.1, 0.15) is 48.8 Å². The standard InChI is InChI=1S/C18H21N3O2/c1-12-6-2-3-7-13(12)20-18(22)17-15-10-23-16-9-5-4-8-14(16)21(15)11-19-17/h4-5,8-9,11-13H,2-3,6-7,10H2,1H3,(H,20,22). The summed E-state index contributed by atoms with van der Waals surface area (Å²) in [5.74, 6) is 1.27. The van der Waals surface area contributed by atoms with Crippen LogP contribution in [0.5, 0.6) is 5.75 Å². The van der Waals surface area contributed by atoms with E-state index in [0.717, 1.165) is 23.6 Å². The van der Waals surface area contributed by atoms with Gasteiger partial charge in [0.15, 0.2) is 5.69 Å². The van der Waals surface area contributed by atoms with Crippen LogP contribution in [0, 0.1) is 5.92 Å². The smallest absolute Gasteiger partial charge is 0.272 e. The average Bonchev–Trinajstić information content (AvgIpc) is 3.01. The summed E-state index contributed by atoms with van der Waals surface area (Å²) in [6, 6.07) is 8.07. The van der Waals surface area contributed by atoms with Crippen LogP contribution in [0.4, 0.5) is 0 Å². The van der Waals surface area contributed by atoms with Crippen molar-refractivity contribution < 1.29 is 9.53 Å². The summed E-state index contributed by atoms with van der Waals surface area (Å²) in [5, 5.41) is 3.17. The molecule has 5 heteroatoms. The highest BCUT2D eigenvalue weighted by Gasteiger charge is 2.28. The first-order chi connectivity index (χ1) is 11.2. The molecule has 1 N–H and O–H groups in total. The van der Waals surface area contributed by atoms with Crippen LogP contribution < -0.4 is 10.1 Å². The van der Waals surface area contributed by atoms with Crippen molar-refractivity contribution in [1.29, 1.82) is 0 Å². The van der Waals surface area contributed by atoms with Crippen molar-refractivity contribution in [2.24, 2.45) is 5.92 Å². The topological polar surface area (TPSA) is 56.2 Å². The Morgan fingerprint density at radius 3 is 3.00 bits per heavy atom. The van der Waals surface area contributed by atoms with Gasteiger partial charge in [0, 0.05) is 6.04 Å². The summed E-state index contributed by atoms with van der Waals surface area (Å²) < 4.78 is 7.73. The van der Waals surface area contributed by atoms with E-state index < -0.39 is 0 Å². The zero-order valence-electron chi connectivity index (χ0n) is 13.3. The van der Waals surface area contributed by atoms with Crippen molar-refractivity contribution in [2.75, 3.05) is 0 Å². The number of ether oxygens (including phenoxy) is 1. The molecular weight excluding hydrogens is 290 g/mol. The lowest BCUT2D eigenvalue weighted by molar-refractivity contribution is 0.0902. The minimum atomic E-state index is -0.0829. The molecule has 1 aliphatic heterocycles. The van der Waals surface area contributed by atoms with Gasteiger partial charge in [-0.2, -0.15) is 0 Å². The number of amides is 1. The molecule has 2 aliphatic rings. The van der Waals surface area contributed by atoms with Gasteiger partial charge < -0.3 is 10.1 Å². The molecule has 4 rings (SSSR count). The summed E-state index contributed by atoms with van der Waals surface area (Å²) in [7, 11) is 0. The van der Waals surface area contributed by atoms with Crippen molar-refractivity contribution in [3.8, 4) is 11.4 Å². The normalized spacial score (nSPS) is 22.7. The molecule has 1 aromatic carbocycles. The molecule has 0 spiro atoms. The summed E-state index contributed by atoms with van der Waals surface area (Å²) in [5.41, 5.74) is 2.24. The van der Waals surface area contributed by atoms with Gasteiger partial charge in [-0.05, 0) is 30.9 Å². The summed E-state index contributed by atoms with van der Waals surface area (Å²) in [4.78, 5) is 17.0. The molecule has 5 nitrogen and oxygen atoms in total. The third kappa shape index (κ3) is 2.50. The van der Waals surface area contributed by atoms with Gasteiger partial charge in [0.25, 0.3) is 5.91 Å². The third-order valence-corrected chi connectivity index (χ3v) is 5.00. The molecule has 1 aliphatic carbocycles. The molecule has 23 heavy (non-hydrogen) atoms. The van der Waals surface area contributed by atoms with E-state index in [9.17, 15) is 4.79 Å². The maximum atomic E-state index is 12.7. The SMILES string of the molecule is CC1CCCCC1NC(=O)c1ncn2c1COc1ccccc1-2. The number of aromatic nitrogens is 2. The predicted molar refractivity (Wildman–Crippen MR) is 86.8 cm³/mol. The van der Waals surface area contributed by atoms with Crippen LogP contribution in [-0.2, 0) is 6.61 Å². The van der Waals surface area contributed by atoms with E-state index in [1.165, 1.54) is 19.3 Å². The fourth-order valence-corrected chi connectivity index (χ4v) is 3.60. The lowest BCUT2D eigenvalue weighted by Crippen LogP contribution is -2.41. The van der Waals surface area contributed by atoms with Crippen molar-refractivity contribution in [1.82, 2.24) is 14.9 Å². The maximum absolute atomic E-state index is 12.7. The van der Waals surface area contributed by atoms with E-state index in [-0.39, 0.29) is 11.9 Å². The average molecular weight is 311 g/mol. The Bertz CT molecular complexity index is 738. The van der Waals surface area contributed by atoms with Crippen LogP contribution >= 0.6 is 0 Å². The van der Waals surface area contributed by atoms with Gasteiger partial charge in [0.2, 0.25) is 0 Å². The number of imidazole rings is 1. The molecule has 2 heterocycles. The highest BCUT2D eigenvalue weighted by molar-refractivity contribution is 5.94. The molecule has 0 saturated heterocycles. The van der Waals surface area contributed by atoms with E-state index in [2.05, 4.69) is 17.2 Å². The molecule has 1 amide bonds. The lowest BCUT2D eigenvalue weighted by Gasteiger charge is -2.29. The van der Waals surface area contributed by atoms with Gasteiger partial charge in [-0.1, -0.05) is 31.9 Å². The van der Waals surface area contributed by atoms with E-state index in [0.29, 0.717) is 18.2 Å². The van der Waals surface area contributed by atoms with E-state index in [1.54, 1.807) is 6.33 Å². The summed E-state index contributed by atoms with van der Waals surface area (Å²) in [6.07, 6.45) is 6.41. The van der Waals surface area contributed by atoms with Crippen LogP contribution in [0.3, 0.4) is 0 Å². The van der Waals surface area contributed by atoms with Crippen LogP contribution in [0.25, 0.3) is 5.69 Å². The largest absolute Gasteiger partial charge is 0.485 e. The number of rotatable bonds is 2. The number of carbonyl (C=O) groups excluding carboxylic acids is 1. The molecule has 1 fully saturated rings. The first-order valence-electron chi connectivity index (χ1n) is 8.33. The number of nitrogens with zero attached hydrogens (tertiary/aromatic N) is 2. The summed E-state index contributed by atoms with van der Waals surface area (Å²) in [6.45, 7) is 2.59. The molecule has 2 atom stereocenters. The molecule has 0 bridgehead atoms.